The highest BCUT2D eigenvalue weighted by molar-refractivity contribution is 7.12. The van der Waals surface area contributed by atoms with E-state index in [9.17, 15) is 14.0 Å². The first kappa shape index (κ1) is 20.0. The van der Waals surface area contributed by atoms with E-state index in [2.05, 4.69) is 10.3 Å². The number of aromatic nitrogens is 1. The first-order valence-corrected chi connectivity index (χ1v) is 10.2. The molecule has 8 heteroatoms. The van der Waals surface area contributed by atoms with E-state index in [1.165, 1.54) is 28.4 Å². The summed E-state index contributed by atoms with van der Waals surface area (Å²) in [4.78, 5) is 31.7. The minimum Gasteiger partial charge on any atom is -0.479 e. The minimum absolute atomic E-state index is 0.137. The van der Waals surface area contributed by atoms with E-state index in [4.69, 9.17) is 4.74 Å². The van der Waals surface area contributed by atoms with Crippen molar-refractivity contribution < 1.29 is 18.7 Å². The highest BCUT2D eigenvalue weighted by Crippen LogP contribution is 2.35. The molecule has 1 aromatic heterocycles. The molecule has 3 aromatic rings. The maximum atomic E-state index is 13.2. The Morgan fingerprint density at radius 1 is 1.27 bits per heavy atom. The van der Waals surface area contributed by atoms with Gasteiger partial charge >= 0.3 is 0 Å². The van der Waals surface area contributed by atoms with Crippen LogP contribution in [0.15, 0.2) is 42.5 Å². The zero-order valence-electron chi connectivity index (χ0n) is 16.7. The van der Waals surface area contributed by atoms with Crippen molar-refractivity contribution in [3.63, 3.8) is 0 Å². The number of halogens is 1. The molecule has 0 aliphatic carbocycles. The Labute approximate surface area is 177 Å². The number of thiazole rings is 1. The van der Waals surface area contributed by atoms with Gasteiger partial charge in [-0.05, 0) is 56.3 Å². The summed E-state index contributed by atoms with van der Waals surface area (Å²) in [6.45, 7) is 3.57. The molecule has 1 N–H and O–H groups in total. The maximum absolute atomic E-state index is 13.2. The average Bonchev–Trinajstić information content (AvgIpc) is 3.07. The zero-order chi connectivity index (χ0) is 21.4. The summed E-state index contributed by atoms with van der Waals surface area (Å²) in [5, 5.41) is 3.70. The van der Waals surface area contributed by atoms with Gasteiger partial charge in [-0.15, -0.1) is 11.3 Å². The molecular weight excluding hydrogens is 405 g/mol. The summed E-state index contributed by atoms with van der Waals surface area (Å²) >= 11 is 1.44. The molecule has 2 aromatic carbocycles. The molecule has 0 saturated heterocycles. The third-order valence-electron chi connectivity index (χ3n) is 4.83. The van der Waals surface area contributed by atoms with Gasteiger partial charge in [0.1, 0.15) is 11.6 Å². The van der Waals surface area contributed by atoms with Gasteiger partial charge < -0.3 is 15.0 Å². The molecule has 0 radical (unpaired) electrons. The summed E-state index contributed by atoms with van der Waals surface area (Å²) in [6, 6.07) is 11.3. The lowest BCUT2D eigenvalue weighted by Gasteiger charge is -2.30. The van der Waals surface area contributed by atoms with E-state index >= 15 is 0 Å². The fraction of sp³-hybridized carbons (Fsp3) is 0.227. The molecule has 30 heavy (non-hydrogen) atoms. The number of anilines is 2. The molecule has 154 valence electrons. The number of amides is 2. The summed E-state index contributed by atoms with van der Waals surface area (Å²) in [7, 11) is 1.68. The molecule has 0 fully saturated rings. The van der Waals surface area contributed by atoms with Crippen molar-refractivity contribution in [2.45, 2.75) is 26.4 Å². The van der Waals surface area contributed by atoms with E-state index in [0.29, 0.717) is 22.8 Å². The molecule has 6 nitrogen and oxygen atoms in total. The number of carbonyl (C=O) groups excluding carboxylic acids is 2. The zero-order valence-corrected chi connectivity index (χ0v) is 17.5. The number of ether oxygens (including phenoxy) is 1. The molecule has 0 spiro atoms. The van der Waals surface area contributed by atoms with Gasteiger partial charge in [0.25, 0.3) is 5.91 Å². The van der Waals surface area contributed by atoms with Crippen molar-refractivity contribution in [1.82, 2.24) is 4.98 Å². The molecular formula is C22H20FN3O3S. The number of aryl methyl sites for hydroxylation is 1. The number of likely N-dealkylation sites (N-methyl/N-ethyl adjacent to an activating group) is 1. The third-order valence-corrected chi connectivity index (χ3v) is 5.80. The molecule has 2 heterocycles. The van der Waals surface area contributed by atoms with Crippen molar-refractivity contribution in [2.24, 2.45) is 0 Å². The number of carbonyl (C=O) groups is 2. The van der Waals surface area contributed by atoms with Gasteiger partial charge in [0.05, 0.1) is 22.8 Å². The molecule has 0 saturated carbocycles. The van der Waals surface area contributed by atoms with Gasteiger partial charge in [-0.25, -0.2) is 9.37 Å². The Morgan fingerprint density at radius 3 is 2.73 bits per heavy atom. The Balaban J connectivity index is 1.53. The van der Waals surface area contributed by atoms with E-state index in [1.807, 2.05) is 6.92 Å². The highest BCUT2D eigenvalue weighted by atomic mass is 32.1. The van der Waals surface area contributed by atoms with Crippen LogP contribution in [-0.4, -0.2) is 29.9 Å². The van der Waals surface area contributed by atoms with Crippen LogP contribution in [0.1, 0.15) is 16.8 Å². The van der Waals surface area contributed by atoms with Crippen molar-refractivity contribution in [1.29, 1.82) is 0 Å². The summed E-state index contributed by atoms with van der Waals surface area (Å²) in [5.41, 5.74) is 2.63. The van der Waals surface area contributed by atoms with Crippen LogP contribution < -0.4 is 15.0 Å². The van der Waals surface area contributed by atoms with Crippen molar-refractivity contribution in [3.8, 4) is 17.0 Å². The lowest BCUT2D eigenvalue weighted by molar-refractivity contribution is -0.125. The largest absolute Gasteiger partial charge is 0.479 e. The van der Waals surface area contributed by atoms with Gasteiger partial charge in [-0.2, -0.15) is 0 Å². The maximum Gasteiger partial charge on any atom is 0.267 e. The quantitative estimate of drug-likeness (QED) is 0.681. The van der Waals surface area contributed by atoms with Crippen LogP contribution in [0.4, 0.5) is 15.8 Å². The van der Waals surface area contributed by atoms with Gasteiger partial charge in [-0.3, -0.25) is 9.59 Å². The highest BCUT2D eigenvalue weighted by Gasteiger charge is 2.29. The van der Waals surface area contributed by atoms with Crippen molar-refractivity contribution >= 4 is 34.5 Å². The number of nitrogens with zero attached hydrogens (tertiary/aromatic N) is 2. The second kappa shape index (κ2) is 7.87. The third kappa shape index (κ3) is 3.91. The number of fused-ring (bicyclic) bond motifs is 1. The monoisotopic (exact) mass is 425 g/mol. The van der Waals surface area contributed by atoms with Crippen LogP contribution in [0.5, 0.6) is 5.75 Å². The summed E-state index contributed by atoms with van der Waals surface area (Å²) in [5.74, 6) is -0.0745. The van der Waals surface area contributed by atoms with Crippen molar-refractivity contribution in [2.75, 3.05) is 17.3 Å². The molecule has 4 rings (SSSR count). The average molecular weight is 425 g/mol. The molecule has 1 atom stereocenters. The molecule has 1 unspecified atom stereocenters. The van der Waals surface area contributed by atoms with Crippen molar-refractivity contribution in [3.05, 3.63) is 58.2 Å². The molecule has 0 bridgehead atoms. The Hall–Kier alpha value is -3.26. The lowest BCUT2D eigenvalue weighted by atomic mass is 10.1. The second-order valence-electron chi connectivity index (χ2n) is 7.08. The Kier molecular flexibility index (Phi) is 5.26. The fourth-order valence-corrected chi connectivity index (χ4v) is 4.32. The number of benzene rings is 2. The standard InChI is InChI=1S/C22H20FN3O3S/c1-12-22(28)26(3)17-10-16(8-9-18(17)29-12)25-20(27)11-19-21(24-13(2)30-19)14-4-6-15(23)7-5-14/h4-10,12H,11H2,1-3H3,(H,25,27). The van der Waals surface area contributed by atoms with E-state index in [-0.39, 0.29) is 24.1 Å². The normalized spacial score (nSPS) is 15.5. The van der Waals surface area contributed by atoms with Gasteiger partial charge in [0.2, 0.25) is 5.91 Å². The Bertz CT molecular complexity index is 1130. The second-order valence-corrected chi connectivity index (χ2v) is 8.36. The van der Waals surface area contributed by atoms with E-state index in [1.54, 1.807) is 44.3 Å². The molecule has 1 aliphatic rings. The molecule has 1 aliphatic heterocycles. The van der Waals surface area contributed by atoms with Gasteiger partial charge in [0, 0.05) is 23.2 Å². The number of hydrogen-bond donors (Lipinski definition) is 1. The topological polar surface area (TPSA) is 71.5 Å². The van der Waals surface area contributed by atoms with E-state index < -0.39 is 6.10 Å². The molecule has 2 amide bonds. The van der Waals surface area contributed by atoms with Crippen LogP contribution >= 0.6 is 11.3 Å². The SMILES string of the molecule is Cc1nc(-c2ccc(F)cc2)c(CC(=O)Nc2ccc3c(c2)N(C)C(=O)C(C)O3)s1. The predicted molar refractivity (Wildman–Crippen MR) is 115 cm³/mol. The van der Waals surface area contributed by atoms with Crippen LogP contribution in [0, 0.1) is 12.7 Å². The van der Waals surface area contributed by atoms with E-state index in [0.717, 1.165) is 15.4 Å². The first-order valence-electron chi connectivity index (χ1n) is 9.42. The number of nitrogens with one attached hydrogen (secondary N) is 1. The van der Waals surface area contributed by atoms with Crippen LogP contribution in [-0.2, 0) is 16.0 Å². The van der Waals surface area contributed by atoms with Crippen LogP contribution in [0.2, 0.25) is 0 Å². The van der Waals surface area contributed by atoms with Crippen LogP contribution in [0.3, 0.4) is 0 Å². The fourth-order valence-electron chi connectivity index (χ4n) is 3.36. The summed E-state index contributed by atoms with van der Waals surface area (Å²) in [6.07, 6.45) is -0.403. The Morgan fingerprint density at radius 2 is 2.00 bits per heavy atom. The number of hydrogen-bond acceptors (Lipinski definition) is 5. The lowest BCUT2D eigenvalue weighted by Crippen LogP contribution is -2.42. The number of rotatable bonds is 4. The minimum atomic E-state index is -0.539. The smallest absolute Gasteiger partial charge is 0.267 e. The summed E-state index contributed by atoms with van der Waals surface area (Å²) < 4.78 is 18.8. The van der Waals surface area contributed by atoms with Gasteiger partial charge in [-0.1, -0.05) is 0 Å². The predicted octanol–water partition coefficient (Wildman–Crippen LogP) is 4.18. The van der Waals surface area contributed by atoms with Crippen LogP contribution in [0.25, 0.3) is 11.3 Å². The first-order chi connectivity index (χ1) is 14.3. The van der Waals surface area contributed by atoms with Gasteiger partial charge in [0.15, 0.2) is 6.10 Å².